The van der Waals surface area contributed by atoms with Crippen LogP contribution < -0.4 is 0 Å². The number of alkyl halides is 8. The first-order chi connectivity index (χ1) is 8.25. The zero-order chi connectivity index (χ0) is 17.0. The second-order valence-corrected chi connectivity index (χ2v) is 5.93. The third-order valence-corrected chi connectivity index (χ3v) is 3.52. The molecule has 0 aromatic rings. The molecule has 122 valence electrons. The molecule has 0 saturated carbocycles. The van der Waals surface area contributed by atoms with Crippen LogP contribution in [0.25, 0.3) is 0 Å². The first kappa shape index (κ1) is 19.3. The van der Waals surface area contributed by atoms with Gasteiger partial charge in [-0.3, -0.25) is 0 Å². The molecule has 0 fully saturated rings. The van der Waals surface area contributed by atoms with E-state index in [1.165, 1.54) is 0 Å². The highest BCUT2D eigenvalue weighted by atomic mass is 32.2. The van der Waals surface area contributed by atoms with Gasteiger partial charge in [0, 0.05) is 0 Å². The maximum Gasteiger partial charge on any atom is 0.402 e. The highest BCUT2D eigenvalue weighted by Gasteiger charge is 2.84. The average molecular weight is 360 g/mol. The summed E-state index contributed by atoms with van der Waals surface area (Å²) in [4.78, 5) is 0. The van der Waals surface area contributed by atoms with Gasteiger partial charge < -0.3 is 9.11 Å². The summed E-state index contributed by atoms with van der Waals surface area (Å²) in [5, 5.41) is -14.6. The first-order valence-electron chi connectivity index (χ1n) is 3.67. The van der Waals surface area contributed by atoms with Crippen molar-refractivity contribution in [1.29, 1.82) is 0 Å². The van der Waals surface area contributed by atoms with Crippen LogP contribution in [0.1, 0.15) is 0 Å². The van der Waals surface area contributed by atoms with Crippen LogP contribution in [0, 0.1) is 0 Å². The highest BCUT2D eigenvalue weighted by molar-refractivity contribution is 7.87. The van der Waals surface area contributed by atoms with E-state index in [-0.39, 0.29) is 0 Å². The van der Waals surface area contributed by atoms with Gasteiger partial charge in [-0.1, -0.05) is 0 Å². The maximum absolute atomic E-state index is 12.5. The monoisotopic (exact) mass is 360 g/mol. The lowest BCUT2D eigenvalue weighted by atomic mass is 10.2. The molecule has 16 heteroatoms. The van der Waals surface area contributed by atoms with Gasteiger partial charge >= 0.3 is 22.4 Å². The van der Waals surface area contributed by atoms with E-state index in [4.69, 9.17) is 0 Å². The molecule has 0 radical (unpaired) electrons. The molecule has 20 heavy (non-hydrogen) atoms. The Kier molecular flexibility index (Phi) is 4.21. The summed E-state index contributed by atoms with van der Waals surface area (Å²) in [5.41, 5.74) is 0. The van der Waals surface area contributed by atoms with E-state index in [2.05, 4.69) is 0 Å². The fraction of sp³-hybridized carbons (Fsp3) is 1.00. The van der Waals surface area contributed by atoms with E-state index < -0.39 is 42.6 Å². The van der Waals surface area contributed by atoms with Crippen LogP contribution in [0.5, 0.6) is 0 Å². The van der Waals surface area contributed by atoms with Crippen molar-refractivity contribution in [2.75, 3.05) is 0 Å². The molecule has 0 atom stereocenters. The lowest BCUT2D eigenvalue weighted by Crippen LogP contribution is -2.66. The zero-order valence-corrected chi connectivity index (χ0v) is 9.92. The molecule has 6 nitrogen and oxygen atoms in total. The molecular formula is C4F8O6S2-2. The topological polar surface area (TPSA) is 114 Å². The number of hydrogen-bond acceptors (Lipinski definition) is 6. The third-order valence-electron chi connectivity index (χ3n) is 1.75. The summed E-state index contributed by atoms with van der Waals surface area (Å²) in [5.74, 6) is -15.4. The molecule has 0 aliphatic rings. The quantitative estimate of drug-likeness (QED) is 0.522. The van der Waals surface area contributed by atoms with Gasteiger partial charge in [0.25, 0.3) is 0 Å². The van der Waals surface area contributed by atoms with E-state index in [1.807, 2.05) is 0 Å². The molecule has 0 N–H and O–H groups in total. The van der Waals surface area contributed by atoms with Crippen LogP contribution in [-0.4, -0.2) is 48.3 Å². The van der Waals surface area contributed by atoms with Crippen LogP contribution in [0.2, 0.25) is 0 Å². The SMILES string of the molecule is O=S(=O)([O-])C(F)(F)C(F)(F)C(F)(F)C(F)(F)S(=O)(=O)[O-]. The summed E-state index contributed by atoms with van der Waals surface area (Å²) >= 11 is 0. The summed E-state index contributed by atoms with van der Waals surface area (Å²) < 4.78 is 158. The molecule has 0 aromatic heterocycles. The van der Waals surface area contributed by atoms with Gasteiger partial charge in [0.05, 0.1) is 0 Å². The fourth-order valence-electron chi connectivity index (χ4n) is 0.680. The van der Waals surface area contributed by atoms with Gasteiger partial charge in [-0.15, -0.1) is 0 Å². The Morgan fingerprint density at radius 3 is 0.800 bits per heavy atom. The molecule has 0 aliphatic heterocycles. The van der Waals surface area contributed by atoms with Gasteiger partial charge in [-0.2, -0.15) is 35.1 Å². The summed E-state index contributed by atoms with van der Waals surface area (Å²) in [7, 11) is -15.2. The lowest BCUT2D eigenvalue weighted by molar-refractivity contribution is -0.327. The molecule has 0 saturated heterocycles. The van der Waals surface area contributed by atoms with Gasteiger partial charge in [-0.05, 0) is 0 Å². The minimum absolute atomic E-state index is 7.31. The van der Waals surface area contributed by atoms with Crippen molar-refractivity contribution < 1.29 is 61.1 Å². The highest BCUT2D eigenvalue weighted by Crippen LogP contribution is 2.55. The predicted molar refractivity (Wildman–Crippen MR) is 39.2 cm³/mol. The van der Waals surface area contributed by atoms with Crippen LogP contribution >= 0.6 is 0 Å². The molecule has 0 amide bonds. The summed E-state index contributed by atoms with van der Waals surface area (Å²) in [6.45, 7) is 0. The van der Waals surface area contributed by atoms with E-state index in [0.29, 0.717) is 0 Å². The molecule has 0 heterocycles. The van der Waals surface area contributed by atoms with E-state index >= 15 is 0 Å². The standard InChI is InChI=1S/C4H2F8O6S2/c5-1(6,3(9,10)19(13,14)15)2(7,8)4(11,12)20(16,17)18/h(H,13,14,15)(H,16,17,18)/p-2. The fourth-order valence-corrected chi connectivity index (χ4v) is 1.56. The minimum atomic E-state index is -7.68. The molecule has 0 bridgehead atoms. The van der Waals surface area contributed by atoms with Crippen molar-refractivity contribution in [2.24, 2.45) is 0 Å². The lowest BCUT2D eigenvalue weighted by Gasteiger charge is -2.37. The Morgan fingerprint density at radius 1 is 0.550 bits per heavy atom. The number of hydrogen-bond donors (Lipinski definition) is 0. The zero-order valence-electron chi connectivity index (χ0n) is 8.29. The van der Waals surface area contributed by atoms with Crippen LogP contribution in [0.15, 0.2) is 0 Å². The van der Waals surface area contributed by atoms with Crippen molar-refractivity contribution in [3.8, 4) is 0 Å². The van der Waals surface area contributed by atoms with Gasteiger partial charge in [0.2, 0.25) is 0 Å². The minimum Gasteiger partial charge on any atom is -0.743 e. The number of halogens is 8. The normalized spacial score (nSPS) is 16.3. The van der Waals surface area contributed by atoms with E-state index in [0.717, 1.165) is 0 Å². The summed E-state index contributed by atoms with van der Waals surface area (Å²) in [6.07, 6.45) is 0. The third kappa shape index (κ3) is 2.33. The van der Waals surface area contributed by atoms with Crippen molar-refractivity contribution in [3.05, 3.63) is 0 Å². The van der Waals surface area contributed by atoms with Crippen molar-refractivity contribution in [2.45, 2.75) is 22.4 Å². The average Bonchev–Trinajstić information content (AvgIpc) is 2.12. The largest absolute Gasteiger partial charge is 0.743 e. The van der Waals surface area contributed by atoms with Gasteiger partial charge in [0.1, 0.15) is 0 Å². The Morgan fingerprint density at radius 2 is 0.700 bits per heavy atom. The maximum atomic E-state index is 12.5. The van der Waals surface area contributed by atoms with E-state index in [9.17, 15) is 61.1 Å². The number of rotatable bonds is 5. The van der Waals surface area contributed by atoms with Crippen molar-refractivity contribution in [1.82, 2.24) is 0 Å². The predicted octanol–water partition coefficient (Wildman–Crippen LogP) is 0.533. The van der Waals surface area contributed by atoms with E-state index in [1.54, 1.807) is 0 Å². The Balaban J connectivity index is 6.37. The second-order valence-electron chi connectivity index (χ2n) is 3.09. The molecule has 0 spiro atoms. The van der Waals surface area contributed by atoms with Crippen LogP contribution in [-0.2, 0) is 20.2 Å². The smallest absolute Gasteiger partial charge is 0.402 e. The Bertz CT molecular complexity index is 536. The molecule has 0 aliphatic carbocycles. The molecule has 0 unspecified atom stereocenters. The Labute approximate surface area is 104 Å². The molecule has 0 aromatic carbocycles. The molecule has 0 rings (SSSR count). The van der Waals surface area contributed by atoms with Crippen molar-refractivity contribution in [3.63, 3.8) is 0 Å². The van der Waals surface area contributed by atoms with Crippen LogP contribution in [0.3, 0.4) is 0 Å². The van der Waals surface area contributed by atoms with Crippen LogP contribution in [0.4, 0.5) is 35.1 Å². The Hall–Kier alpha value is -0.740. The van der Waals surface area contributed by atoms with Gasteiger partial charge in [-0.25, -0.2) is 16.8 Å². The first-order valence-corrected chi connectivity index (χ1v) is 6.49. The summed E-state index contributed by atoms with van der Waals surface area (Å²) in [6, 6.07) is 0. The second kappa shape index (κ2) is 4.38. The van der Waals surface area contributed by atoms with Gasteiger partial charge in [0.15, 0.2) is 20.2 Å². The van der Waals surface area contributed by atoms with Crippen molar-refractivity contribution >= 4 is 20.2 Å². The molecular weight excluding hydrogens is 360 g/mol.